The average Bonchev–Trinajstić information content (AvgIpc) is 2.92. The van der Waals surface area contributed by atoms with E-state index in [9.17, 15) is 19.2 Å². The zero-order valence-corrected chi connectivity index (χ0v) is 24.2. The molecule has 0 bridgehead atoms. The molecule has 8 N–H and O–H groups in total. The highest BCUT2D eigenvalue weighted by Crippen LogP contribution is 2.12. The molecule has 0 unspecified atom stereocenters. The van der Waals surface area contributed by atoms with Crippen molar-refractivity contribution in [1.82, 2.24) is 16.0 Å². The molecule has 0 spiro atoms. The van der Waals surface area contributed by atoms with Gasteiger partial charge in [-0.2, -0.15) is 0 Å². The van der Waals surface area contributed by atoms with Crippen LogP contribution in [0.5, 0.6) is 0 Å². The number of nitrogens with one attached hydrogen (secondary N) is 4. The number of carbonyl (C=O) groups is 4. The smallest absolute Gasteiger partial charge is 0.408 e. The highest BCUT2D eigenvalue weighted by Gasteiger charge is 2.29. The van der Waals surface area contributed by atoms with Crippen molar-refractivity contribution in [3.05, 3.63) is 77.9 Å². The average molecular weight is 581 g/mol. The van der Waals surface area contributed by atoms with Crippen LogP contribution in [0.1, 0.15) is 50.3 Å². The number of hydrogen-bond donors (Lipinski definition) is 6. The Labute approximate surface area is 245 Å². The second kappa shape index (κ2) is 15.8. The zero-order valence-electron chi connectivity index (χ0n) is 24.2. The normalized spacial score (nSPS) is 12.3. The zero-order chi connectivity index (χ0) is 31.3. The molecule has 2 rings (SSSR count). The Hall–Kier alpha value is -4.87. The number of amides is 3. The van der Waals surface area contributed by atoms with Crippen LogP contribution in [-0.4, -0.2) is 54.0 Å². The molecule has 0 fully saturated rings. The van der Waals surface area contributed by atoms with Crippen molar-refractivity contribution in [2.45, 2.75) is 64.3 Å². The molecular formula is C30H40N6O6. The minimum absolute atomic E-state index is 0.0407. The molecule has 3 amide bonds. The minimum Gasteiger partial charge on any atom is -0.460 e. The van der Waals surface area contributed by atoms with Gasteiger partial charge in [0.2, 0.25) is 11.8 Å². The number of benzene rings is 2. The predicted octanol–water partition coefficient (Wildman–Crippen LogP) is 2.30. The third-order valence-electron chi connectivity index (χ3n) is 5.78. The second-order valence-corrected chi connectivity index (χ2v) is 10.5. The van der Waals surface area contributed by atoms with Gasteiger partial charge in [-0.3, -0.25) is 19.8 Å². The van der Waals surface area contributed by atoms with Gasteiger partial charge in [0.15, 0.2) is 0 Å². The summed E-state index contributed by atoms with van der Waals surface area (Å²) in [4.78, 5) is 51.4. The molecule has 12 heteroatoms. The van der Waals surface area contributed by atoms with Gasteiger partial charge < -0.3 is 36.9 Å². The van der Waals surface area contributed by atoms with Crippen LogP contribution in [0.2, 0.25) is 0 Å². The Balaban J connectivity index is 2.23. The van der Waals surface area contributed by atoms with Crippen LogP contribution in [0.4, 0.5) is 10.5 Å². The number of nitrogen functional groups attached to an aromatic ring is 2. The summed E-state index contributed by atoms with van der Waals surface area (Å²) in [5, 5.41) is 15.5. The van der Waals surface area contributed by atoms with Gasteiger partial charge in [0.05, 0.1) is 0 Å². The monoisotopic (exact) mass is 580 g/mol. The Kier molecular flexibility index (Phi) is 12.5. The van der Waals surface area contributed by atoms with E-state index < -0.39 is 41.6 Å². The summed E-state index contributed by atoms with van der Waals surface area (Å²) < 4.78 is 10.3. The molecule has 0 radical (unpaired) electrons. The first-order valence-corrected chi connectivity index (χ1v) is 13.4. The topological polar surface area (TPSA) is 199 Å². The predicted molar refractivity (Wildman–Crippen MR) is 159 cm³/mol. The van der Waals surface area contributed by atoms with Crippen molar-refractivity contribution in [2.24, 2.45) is 5.73 Å². The number of anilines is 1. The number of rotatable bonds is 14. The largest absolute Gasteiger partial charge is 0.460 e. The van der Waals surface area contributed by atoms with Crippen molar-refractivity contribution in [3.63, 3.8) is 0 Å². The molecule has 0 aliphatic carbocycles. The molecule has 2 aromatic carbocycles. The van der Waals surface area contributed by atoms with Crippen molar-refractivity contribution in [3.8, 4) is 0 Å². The lowest BCUT2D eigenvalue weighted by atomic mass is 10.0. The maximum absolute atomic E-state index is 13.5. The van der Waals surface area contributed by atoms with Crippen molar-refractivity contribution >= 4 is 35.4 Å². The van der Waals surface area contributed by atoms with Crippen LogP contribution in [0, 0.1) is 5.41 Å². The van der Waals surface area contributed by atoms with Crippen molar-refractivity contribution in [1.29, 1.82) is 5.41 Å². The Bertz CT molecular complexity index is 1250. The van der Waals surface area contributed by atoms with Gasteiger partial charge in [-0.25, -0.2) is 4.79 Å². The summed E-state index contributed by atoms with van der Waals surface area (Å²) in [5.74, 6) is -1.83. The molecule has 0 aliphatic heterocycles. The van der Waals surface area contributed by atoms with E-state index in [1.165, 1.54) is 6.08 Å². The molecule has 2 atom stereocenters. The number of hydrogen-bond acceptors (Lipinski definition) is 8. The first-order chi connectivity index (χ1) is 19.8. The van der Waals surface area contributed by atoms with Gasteiger partial charge in [0, 0.05) is 30.6 Å². The van der Waals surface area contributed by atoms with Gasteiger partial charge in [-0.1, -0.05) is 49.1 Å². The van der Waals surface area contributed by atoms with Gasteiger partial charge in [-0.15, -0.1) is 0 Å². The number of amidine groups is 1. The fourth-order valence-corrected chi connectivity index (χ4v) is 3.73. The first kappa shape index (κ1) is 33.3. The number of alkyl carbamates (subject to hydrolysis) is 1. The highest BCUT2D eigenvalue weighted by atomic mass is 16.6. The van der Waals surface area contributed by atoms with E-state index in [2.05, 4.69) is 22.5 Å². The summed E-state index contributed by atoms with van der Waals surface area (Å²) in [7, 11) is 0. The van der Waals surface area contributed by atoms with Crippen LogP contribution in [0.15, 0.2) is 61.2 Å². The Morgan fingerprint density at radius 2 is 1.57 bits per heavy atom. The fraction of sp³-hybridized carbons (Fsp3) is 0.367. The standard InChI is InChI=1S/C30H40N6O6/c1-5-16-41-29(40)36-24(17-19-6-10-21(11-7-19)26(32)33)28(39)35-23(14-15-25(37)42-30(2,3)4)27(38)34-18-20-8-12-22(31)13-9-20/h5-13,23-24H,1,14-18,31H2,2-4H3,(H3,32,33)(H,34,38)(H,35,39)(H,36,40)/t23-,24-/m0/s1. The minimum atomic E-state index is -1.14. The number of esters is 1. The third kappa shape index (κ3) is 12.1. The van der Waals surface area contributed by atoms with E-state index in [0.29, 0.717) is 16.8 Å². The van der Waals surface area contributed by atoms with E-state index in [1.807, 2.05) is 0 Å². The summed E-state index contributed by atoms with van der Waals surface area (Å²) in [6, 6.07) is 11.3. The van der Waals surface area contributed by atoms with Gasteiger partial charge in [0.25, 0.3) is 0 Å². The lowest BCUT2D eigenvalue weighted by molar-refractivity contribution is -0.155. The Morgan fingerprint density at radius 3 is 2.14 bits per heavy atom. The van der Waals surface area contributed by atoms with Crippen LogP contribution < -0.4 is 27.4 Å². The highest BCUT2D eigenvalue weighted by molar-refractivity contribution is 5.95. The first-order valence-electron chi connectivity index (χ1n) is 13.4. The van der Waals surface area contributed by atoms with Crippen molar-refractivity contribution in [2.75, 3.05) is 12.3 Å². The second-order valence-electron chi connectivity index (χ2n) is 10.5. The van der Waals surface area contributed by atoms with Crippen LogP contribution >= 0.6 is 0 Å². The van der Waals surface area contributed by atoms with Crippen LogP contribution in [0.25, 0.3) is 0 Å². The summed E-state index contributed by atoms with van der Waals surface area (Å²) in [5.41, 5.74) is 13.0. The quantitative estimate of drug-likeness (QED) is 0.0643. The van der Waals surface area contributed by atoms with Gasteiger partial charge in [-0.05, 0) is 50.5 Å². The van der Waals surface area contributed by atoms with E-state index >= 15 is 0 Å². The molecule has 0 heterocycles. The van der Waals surface area contributed by atoms with Crippen molar-refractivity contribution < 1.29 is 28.7 Å². The maximum Gasteiger partial charge on any atom is 0.408 e. The molecule has 12 nitrogen and oxygen atoms in total. The molecule has 0 aliphatic rings. The molecule has 226 valence electrons. The lowest BCUT2D eigenvalue weighted by Crippen LogP contribution is -2.54. The number of nitrogens with two attached hydrogens (primary N) is 2. The molecule has 0 saturated carbocycles. The molecule has 0 saturated heterocycles. The lowest BCUT2D eigenvalue weighted by Gasteiger charge is -2.24. The van der Waals surface area contributed by atoms with E-state index in [0.717, 1.165) is 5.56 Å². The Morgan fingerprint density at radius 1 is 0.952 bits per heavy atom. The van der Waals surface area contributed by atoms with Gasteiger partial charge >= 0.3 is 12.1 Å². The maximum atomic E-state index is 13.5. The third-order valence-corrected chi connectivity index (χ3v) is 5.78. The van der Waals surface area contributed by atoms with E-state index in [-0.39, 0.29) is 38.2 Å². The summed E-state index contributed by atoms with van der Waals surface area (Å²) >= 11 is 0. The van der Waals surface area contributed by atoms with E-state index in [4.69, 9.17) is 26.4 Å². The fourth-order valence-electron chi connectivity index (χ4n) is 3.73. The summed E-state index contributed by atoms with van der Waals surface area (Å²) in [6.45, 7) is 8.78. The van der Waals surface area contributed by atoms with Crippen LogP contribution in [-0.2, 0) is 36.8 Å². The molecule has 42 heavy (non-hydrogen) atoms. The van der Waals surface area contributed by atoms with Gasteiger partial charge in [0.1, 0.15) is 30.1 Å². The molecule has 2 aromatic rings. The number of carbonyl (C=O) groups excluding carboxylic acids is 4. The number of ether oxygens (including phenoxy) is 2. The molecular weight excluding hydrogens is 540 g/mol. The van der Waals surface area contributed by atoms with Crippen LogP contribution in [0.3, 0.4) is 0 Å². The SMILES string of the molecule is C=CCOC(=O)N[C@@H](Cc1ccc(C(=N)N)cc1)C(=O)N[C@@H](CCC(=O)OC(C)(C)C)C(=O)NCc1ccc(N)cc1. The molecule has 0 aromatic heterocycles. The summed E-state index contributed by atoms with van der Waals surface area (Å²) in [6.07, 6.45) is 0.388. The van der Waals surface area contributed by atoms with E-state index in [1.54, 1.807) is 69.3 Å².